The highest BCUT2D eigenvalue weighted by molar-refractivity contribution is 6.05. The van der Waals surface area contributed by atoms with Crippen molar-refractivity contribution in [3.8, 4) is 0 Å². The fraction of sp³-hybridized carbons (Fsp3) is 0.316. The van der Waals surface area contributed by atoms with Crippen LogP contribution < -0.4 is 16.4 Å². The molecule has 6 heteroatoms. The van der Waals surface area contributed by atoms with Gasteiger partial charge >= 0.3 is 0 Å². The molecule has 2 unspecified atom stereocenters. The van der Waals surface area contributed by atoms with Crippen LogP contribution in [0.15, 0.2) is 48.7 Å². The number of rotatable bonds is 4. The second kappa shape index (κ2) is 7.90. The smallest absolute Gasteiger partial charge is 0.256 e. The number of aromatic nitrogens is 1. The normalized spacial score (nSPS) is 19.9. The minimum atomic E-state index is -0.269. The van der Waals surface area contributed by atoms with Crippen LogP contribution in [0.25, 0.3) is 0 Å². The zero-order chi connectivity index (χ0) is 17.6. The summed E-state index contributed by atoms with van der Waals surface area (Å²) in [5, 5.41) is 5.63. The predicted octanol–water partition coefficient (Wildman–Crippen LogP) is 2.79. The molecule has 0 spiro atoms. The van der Waals surface area contributed by atoms with E-state index in [1.807, 2.05) is 0 Å². The molecule has 1 heterocycles. The van der Waals surface area contributed by atoms with Crippen molar-refractivity contribution in [1.82, 2.24) is 4.98 Å². The van der Waals surface area contributed by atoms with Gasteiger partial charge in [0, 0.05) is 29.4 Å². The second-order valence-electron chi connectivity index (χ2n) is 6.36. The van der Waals surface area contributed by atoms with E-state index in [9.17, 15) is 9.59 Å². The van der Waals surface area contributed by atoms with Crippen molar-refractivity contribution in [1.29, 1.82) is 0 Å². The monoisotopic (exact) mass is 338 g/mol. The van der Waals surface area contributed by atoms with Crippen molar-refractivity contribution in [2.45, 2.75) is 31.7 Å². The van der Waals surface area contributed by atoms with Gasteiger partial charge in [-0.25, -0.2) is 4.98 Å². The number of anilines is 2. The Bertz CT molecular complexity index is 748. The van der Waals surface area contributed by atoms with Crippen LogP contribution in [0.1, 0.15) is 36.0 Å². The van der Waals surface area contributed by atoms with Gasteiger partial charge in [0.05, 0.1) is 0 Å². The van der Waals surface area contributed by atoms with E-state index in [0.29, 0.717) is 23.5 Å². The number of carbonyl (C=O) groups excluding carboxylic acids is 2. The Morgan fingerprint density at radius 2 is 1.96 bits per heavy atom. The molecular formula is C19H22N4O2. The average molecular weight is 338 g/mol. The van der Waals surface area contributed by atoms with Crippen LogP contribution in [0.5, 0.6) is 0 Å². The molecule has 4 N–H and O–H groups in total. The molecule has 25 heavy (non-hydrogen) atoms. The van der Waals surface area contributed by atoms with E-state index in [-0.39, 0.29) is 23.8 Å². The van der Waals surface area contributed by atoms with Gasteiger partial charge < -0.3 is 16.4 Å². The van der Waals surface area contributed by atoms with Gasteiger partial charge in [-0.1, -0.05) is 18.6 Å². The topological polar surface area (TPSA) is 97.1 Å². The Morgan fingerprint density at radius 3 is 2.72 bits per heavy atom. The molecule has 6 nitrogen and oxygen atoms in total. The lowest BCUT2D eigenvalue weighted by Gasteiger charge is -2.25. The first-order chi connectivity index (χ1) is 12.1. The van der Waals surface area contributed by atoms with Crippen LogP contribution in [-0.2, 0) is 4.79 Å². The minimum absolute atomic E-state index is 0.0302. The van der Waals surface area contributed by atoms with E-state index in [4.69, 9.17) is 5.73 Å². The summed E-state index contributed by atoms with van der Waals surface area (Å²) in [7, 11) is 0. The summed E-state index contributed by atoms with van der Waals surface area (Å²) in [4.78, 5) is 28.8. The third-order valence-electron chi connectivity index (χ3n) is 4.38. The number of nitrogens with zero attached hydrogens (tertiary/aromatic N) is 1. The van der Waals surface area contributed by atoms with Crippen LogP contribution >= 0.6 is 0 Å². The van der Waals surface area contributed by atoms with Crippen molar-refractivity contribution in [2.75, 3.05) is 10.6 Å². The van der Waals surface area contributed by atoms with E-state index in [1.54, 1.807) is 48.7 Å². The molecule has 1 aromatic carbocycles. The van der Waals surface area contributed by atoms with Crippen molar-refractivity contribution >= 4 is 23.3 Å². The number of amides is 2. The quantitative estimate of drug-likeness (QED) is 0.798. The Morgan fingerprint density at radius 1 is 1.08 bits per heavy atom. The first kappa shape index (κ1) is 17.1. The molecule has 2 aromatic rings. The number of pyridine rings is 1. The SMILES string of the molecule is NC1CCCC(C(=O)Nc2cccc(C(=O)Nc3ccccn3)c2)C1. The standard InChI is InChI=1S/C19H22N4O2/c20-15-7-3-5-13(11-15)18(24)22-16-8-4-6-14(12-16)19(25)23-17-9-1-2-10-21-17/h1-2,4,6,8-10,12-13,15H,3,5,7,11,20H2,(H,22,24)(H,21,23,25). The van der Waals surface area contributed by atoms with Crippen LogP contribution in [0.4, 0.5) is 11.5 Å². The second-order valence-corrected chi connectivity index (χ2v) is 6.36. The maximum absolute atomic E-state index is 12.4. The van der Waals surface area contributed by atoms with Crippen LogP contribution in [0.3, 0.4) is 0 Å². The maximum atomic E-state index is 12.4. The molecule has 0 bridgehead atoms. The van der Waals surface area contributed by atoms with E-state index >= 15 is 0 Å². The van der Waals surface area contributed by atoms with Crippen molar-refractivity contribution in [3.63, 3.8) is 0 Å². The molecule has 3 rings (SSSR count). The Balaban J connectivity index is 1.64. The highest BCUT2D eigenvalue weighted by Crippen LogP contribution is 2.24. The number of hydrogen-bond donors (Lipinski definition) is 3. The number of benzene rings is 1. The highest BCUT2D eigenvalue weighted by Gasteiger charge is 2.25. The summed E-state index contributed by atoms with van der Waals surface area (Å²) >= 11 is 0. The van der Waals surface area contributed by atoms with Gasteiger partial charge in [-0.15, -0.1) is 0 Å². The van der Waals surface area contributed by atoms with Crippen molar-refractivity contribution in [3.05, 3.63) is 54.2 Å². The van der Waals surface area contributed by atoms with Gasteiger partial charge in [0.2, 0.25) is 5.91 Å². The molecule has 1 aromatic heterocycles. The third-order valence-corrected chi connectivity index (χ3v) is 4.38. The Kier molecular flexibility index (Phi) is 5.40. The van der Waals surface area contributed by atoms with Crippen molar-refractivity contribution in [2.24, 2.45) is 11.7 Å². The molecule has 2 amide bonds. The lowest BCUT2D eigenvalue weighted by atomic mass is 9.85. The highest BCUT2D eigenvalue weighted by atomic mass is 16.2. The van der Waals surface area contributed by atoms with E-state index in [2.05, 4.69) is 15.6 Å². The molecule has 2 atom stereocenters. The first-order valence-electron chi connectivity index (χ1n) is 8.51. The van der Waals surface area contributed by atoms with Gasteiger partial charge in [0.15, 0.2) is 0 Å². The fourth-order valence-corrected chi connectivity index (χ4v) is 3.07. The van der Waals surface area contributed by atoms with Crippen LogP contribution in [0.2, 0.25) is 0 Å². The lowest BCUT2D eigenvalue weighted by Crippen LogP contribution is -2.34. The Hall–Kier alpha value is -2.73. The number of hydrogen-bond acceptors (Lipinski definition) is 4. The maximum Gasteiger partial charge on any atom is 0.256 e. The van der Waals surface area contributed by atoms with E-state index in [1.165, 1.54) is 0 Å². The summed E-state index contributed by atoms with van der Waals surface area (Å²) in [5.41, 5.74) is 7.03. The van der Waals surface area contributed by atoms with E-state index < -0.39 is 0 Å². The van der Waals surface area contributed by atoms with Gasteiger partial charge in [-0.3, -0.25) is 9.59 Å². The summed E-state index contributed by atoms with van der Waals surface area (Å²) in [6.07, 6.45) is 5.14. The van der Waals surface area contributed by atoms with Crippen LogP contribution in [-0.4, -0.2) is 22.8 Å². The number of carbonyl (C=O) groups is 2. The summed E-state index contributed by atoms with van der Waals surface area (Å²) in [5.74, 6) is 0.125. The average Bonchev–Trinajstić information content (AvgIpc) is 2.63. The minimum Gasteiger partial charge on any atom is -0.328 e. The molecule has 0 aliphatic heterocycles. The molecule has 0 saturated heterocycles. The molecule has 1 saturated carbocycles. The third kappa shape index (κ3) is 4.64. The largest absolute Gasteiger partial charge is 0.328 e. The first-order valence-corrected chi connectivity index (χ1v) is 8.51. The predicted molar refractivity (Wildman–Crippen MR) is 97.2 cm³/mol. The van der Waals surface area contributed by atoms with Crippen molar-refractivity contribution < 1.29 is 9.59 Å². The van der Waals surface area contributed by atoms with Gasteiger partial charge in [0.1, 0.15) is 5.82 Å². The molecule has 1 aliphatic carbocycles. The fourth-order valence-electron chi connectivity index (χ4n) is 3.07. The lowest BCUT2D eigenvalue weighted by molar-refractivity contribution is -0.120. The van der Waals surface area contributed by atoms with E-state index in [0.717, 1.165) is 19.3 Å². The number of nitrogens with one attached hydrogen (secondary N) is 2. The number of nitrogens with two attached hydrogens (primary N) is 1. The van der Waals surface area contributed by atoms with Gasteiger partial charge in [-0.2, -0.15) is 0 Å². The molecule has 1 fully saturated rings. The molecule has 0 radical (unpaired) electrons. The summed E-state index contributed by atoms with van der Waals surface area (Å²) in [6.45, 7) is 0. The zero-order valence-corrected chi connectivity index (χ0v) is 13.9. The molecular weight excluding hydrogens is 316 g/mol. The zero-order valence-electron chi connectivity index (χ0n) is 13.9. The molecule has 130 valence electrons. The molecule has 1 aliphatic rings. The summed E-state index contributed by atoms with van der Waals surface area (Å²) < 4.78 is 0. The van der Waals surface area contributed by atoms with Crippen LogP contribution in [0, 0.1) is 5.92 Å². The van der Waals surface area contributed by atoms with Gasteiger partial charge in [-0.05, 0) is 49.6 Å². The van der Waals surface area contributed by atoms with Gasteiger partial charge in [0.25, 0.3) is 5.91 Å². The summed E-state index contributed by atoms with van der Waals surface area (Å²) in [6, 6.07) is 12.3. The Labute approximate surface area is 146 Å².